The minimum atomic E-state index is -0.00671. The molecule has 0 saturated carbocycles. The lowest BCUT2D eigenvalue weighted by Gasteiger charge is -2.26. The molecule has 2 atom stereocenters. The molecule has 0 N–H and O–H groups in total. The molecule has 0 fully saturated rings. The van der Waals surface area contributed by atoms with Crippen LogP contribution in [-0.2, 0) is 9.47 Å². The zero-order valence-electron chi connectivity index (χ0n) is 10.2. The average Bonchev–Trinajstić information content (AvgIpc) is 2.26. The van der Waals surface area contributed by atoms with Gasteiger partial charge in [0.25, 0.3) is 0 Å². The van der Waals surface area contributed by atoms with Gasteiger partial charge in [-0.3, -0.25) is 0 Å². The Morgan fingerprint density at radius 2 is 1.73 bits per heavy atom. The van der Waals surface area contributed by atoms with Gasteiger partial charge in [0, 0.05) is 0 Å². The zero-order valence-corrected chi connectivity index (χ0v) is 10.2. The lowest BCUT2D eigenvalue weighted by molar-refractivity contribution is 0.332. The second-order valence-corrected chi connectivity index (χ2v) is 3.96. The van der Waals surface area contributed by atoms with Crippen LogP contribution < -0.4 is 0 Å². The second-order valence-electron chi connectivity index (χ2n) is 3.96. The first kappa shape index (κ1) is 12.0. The summed E-state index contributed by atoms with van der Waals surface area (Å²) >= 11 is 0. The summed E-state index contributed by atoms with van der Waals surface area (Å²) in [5.41, 5.74) is 0. The van der Waals surface area contributed by atoms with Gasteiger partial charge in [-0.1, -0.05) is 20.8 Å². The van der Waals surface area contributed by atoms with E-state index in [2.05, 4.69) is 30.8 Å². The van der Waals surface area contributed by atoms with Crippen LogP contribution in [0.1, 0.15) is 27.2 Å². The smallest absolute Gasteiger partial charge is 0.209 e. The molecule has 4 heteroatoms. The first-order valence-corrected chi connectivity index (χ1v) is 5.37. The van der Waals surface area contributed by atoms with E-state index in [1.807, 2.05) is 0 Å². The molecule has 0 radical (unpaired) electrons. The van der Waals surface area contributed by atoms with Gasteiger partial charge in [-0.2, -0.15) is 0 Å². The average molecular weight is 212 g/mol. The third-order valence-corrected chi connectivity index (χ3v) is 2.52. The zero-order chi connectivity index (χ0) is 11.4. The SMILES string of the molecule is CCC1N=C(OC)C(C(C)C)N=C1OC. The predicted octanol–water partition coefficient (Wildman–Crippen LogP) is 1.89. The van der Waals surface area contributed by atoms with Crippen molar-refractivity contribution in [1.82, 2.24) is 0 Å². The number of methoxy groups -OCH3 is 2. The maximum Gasteiger partial charge on any atom is 0.209 e. The molecule has 4 nitrogen and oxygen atoms in total. The molecule has 1 aliphatic heterocycles. The minimum Gasteiger partial charge on any atom is -0.483 e. The van der Waals surface area contributed by atoms with Crippen molar-refractivity contribution >= 4 is 11.8 Å². The fraction of sp³-hybridized carbons (Fsp3) is 0.818. The summed E-state index contributed by atoms with van der Waals surface area (Å²) in [6.07, 6.45) is 0.879. The highest BCUT2D eigenvalue weighted by molar-refractivity contribution is 5.93. The Balaban J connectivity index is 2.94. The minimum absolute atomic E-state index is 0.00671. The van der Waals surface area contributed by atoms with Crippen LogP contribution in [0.3, 0.4) is 0 Å². The molecule has 0 saturated heterocycles. The number of nitrogens with zero attached hydrogens (tertiary/aromatic N) is 2. The highest BCUT2D eigenvalue weighted by Crippen LogP contribution is 2.18. The van der Waals surface area contributed by atoms with Crippen molar-refractivity contribution in [1.29, 1.82) is 0 Å². The molecule has 0 amide bonds. The van der Waals surface area contributed by atoms with Gasteiger partial charge in [-0.15, -0.1) is 0 Å². The number of aliphatic imine (C=N–C) groups is 2. The second kappa shape index (κ2) is 5.14. The standard InChI is InChI=1S/C11H20N2O2/c1-6-8-10(14-4)13-9(7(2)3)11(12-8)15-5/h7-9H,6H2,1-5H3. The van der Waals surface area contributed by atoms with Crippen LogP contribution in [0.2, 0.25) is 0 Å². The van der Waals surface area contributed by atoms with Crippen LogP contribution >= 0.6 is 0 Å². The molecular formula is C11H20N2O2. The summed E-state index contributed by atoms with van der Waals surface area (Å²) in [6.45, 7) is 6.26. The van der Waals surface area contributed by atoms with E-state index in [9.17, 15) is 0 Å². The van der Waals surface area contributed by atoms with E-state index in [1.165, 1.54) is 0 Å². The lowest BCUT2D eigenvalue weighted by atomic mass is 10.0. The van der Waals surface area contributed by atoms with E-state index in [0.29, 0.717) is 5.92 Å². The van der Waals surface area contributed by atoms with Gasteiger partial charge in [0.05, 0.1) is 14.2 Å². The summed E-state index contributed by atoms with van der Waals surface area (Å²) in [5.74, 6) is 1.81. The highest BCUT2D eigenvalue weighted by Gasteiger charge is 2.29. The van der Waals surface area contributed by atoms with E-state index in [0.717, 1.165) is 18.2 Å². The van der Waals surface area contributed by atoms with Crippen LogP contribution in [0.25, 0.3) is 0 Å². The molecule has 1 rings (SSSR count). The van der Waals surface area contributed by atoms with Crippen LogP contribution in [0.15, 0.2) is 9.98 Å². The molecule has 1 aliphatic rings. The topological polar surface area (TPSA) is 43.2 Å². The molecule has 2 unspecified atom stereocenters. The van der Waals surface area contributed by atoms with E-state index in [-0.39, 0.29) is 12.1 Å². The Bertz CT molecular complexity index is 272. The molecular weight excluding hydrogens is 192 g/mol. The molecule has 0 spiro atoms. The molecule has 15 heavy (non-hydrogen) atoms. The third kappa shape index (κ3) is 2.49. The summed E-state index contributed by atoms with van der Waals surface area (Å²) in [5, 5.41) is 0. The van der Waals surface area contributed by atoms with Crippen molar-refractivity contribution in [3.63, 3.8) is 0 Å². The van der Waals surface area contributed by atoms with Crippen LogP contribution in [0.4, 0.5) is 0 Å². The van der Waals surface area contributed by atoms with Crippen LogP contribution in [-0.4, -0.2) is 38.1 Å². The number of ether oxygens (including phenoxy) is 2. The quantitative estimate of drug-likeness (QED) is 0.701. The Morgan fingerprint density at radius 1 is 1.13 bits per heavy atom. The normalized spacial score (nSPS) is 26.0. The van der Waals surface area contributed by atoms with Gasteiger partial charge < -0.3 is 9.47 Å². The Morgan fingerprint density at radius 3 is 2.13 bits per heavy atom. The van der Waals surface area contributed by atoms with Gasteiger partial charge >= 0.3 is 0 Å². The van der Waals surface area contributed by atoms with E-state index >= 15 is 0 Å². The van der Waals surface area contributed by atoms with Gasteiger partial charge in [0.1, 0.15) is 12.1 Å². The van der Waals surface area contributed by atoms with E-state index in [1.54, 1.807) is 14.2 Å². The molecule has 0 aromatic rings. The lowest BCUT2D eigenvalue weighted by Crippen LogP contribution is -2.37. The predicted molar refractivity (Wildman–Crippen MR) is 61.6 cm³/mol. The van der Waals surface area contributed by atoms with Crippen molar-refractivity contribution in [2.75, 3.05) is 14.2 Å². The van der Waals surface area contributed by atoms with E-state index in [4.69, 9.17) is 9.47 Å². The molecule has 0 aromatic carbocycles. The van der Waals surface area contributed by atoms with Crippen molar-refractivity contribution in [3.05, 3.63) is 0 Å². The van der Waals surface area contributed by atoms with Crippen LogP contribution in [0, 0.1) is 5.92 Å². The molecule has 0 aromatic heterocycles. The molecule has 0 bridgehead atoms. The molecule has 1 heterocycles. The van der Waals surface area contributed by atoms with Crippen molar-refractivity contribution in [2.45, 2.75) is 39.3 Å². The van der Waals surface area contributed by atoms with E-state index < -0.39 is 0 Å². The Kier molecular flexibility index (Phi) is 4.12. The van der Waals surface area contributed by atoms with Crippen LogP contribution in [0.5, 0.6) is 0 Å². The first-order chi connectivity index (χ1) is 7.13. The third-order valence-electron chi connectivity index (χ3n) is 2.52. The number of hydrogen-bond donors (Lipinski definition) is 0. The van der Waals surface area contributed by atoms with Crippen molar-refractivity contribution < 1.29 is 9.47 Å². The maximum absolute atomic E-state index is 5.28. The molecule has 0 aliphatic carbocycles. The Labute approximate surface area is 91.4 Å². The fourth-order valence-corrected chi connectivity index (χ4v) is 1.63. The summed E-state index contributed by atoms with van der Waals surface area (Å²) < 4.78 is 10.5. The Hall–Kier alpha value is -1.06. The van der Waals surface area contributed by atoms with Crippen molar-refractivity contribution in [2.24, 2.45) is 15.9 Å². The monoisotopic (exact) mass is 212 g/mol. The number of rotatable bonds is 2. The number of hydrogen-bond acceptors (Lipinski definition) is 4. The fourth-order valence-electron chi connectivity index (χ4n) is 1.63. The maximum atomic E-state index is 5.28. The molecule has 86 valence electrons. The van der Waals surface area contributed by atoms with Gasteiger partial charge in [0.2, 0.25) is 11.8 Å². The van der Waals surface area contributed by atoms with Gasteiger partial charge in [0.15, 0.2) is 0 Å². The van der Waals surface area contributed by atoms with Gasteiger partial charge in [-0.25, -0.2) is 9.98 Å². The summed E-state index contributed by atoms with van der Waals surface area (Å²) in [7, 11) is 3.29. The summed E-state index contributed by atoms with van der Waals surface area (Å²) in [6, 6.07) is 0.00713. The van der Waals surface area contributed by atoms with Gasteiger partial charge in [-0.05, 0) is 12.3 Å². The van der Waals surface area contributed by atoms with Crippen molar-refractivity contribution in [3.8, 4) is 0 Å². The summed E-state index contributed by atoms with van der Waals surface area (Å²) in [4.78, 5) is 9.06. The largest absolute Gasteiger partial charge is 0.483 e. The first-order valence-electron chi connectivity index (χ1n) is 5.37. The highest BCUT2D eigenvalue weighted by atomic mass is 16.5.